The van der Waals surface area contributed by atoms with Crippen LogP contribution in [0.1, 0.15) is 25.7 Å². The molecular weight excluding hydrogens is 306 g/mol. The molecule has 4 aliphatic rings. The van der Waals surface area contributed by atoms with Gasteiger partial charge in [0, 0.05) is 45.9 Å². The number of nitrogens with zero attached hydrogens (tertiary/aromatic N) is 2. The van der Waals surface area contributed by atoms with Gasteiger partial charge in [0.1, 0.15) is 6.61 Å². The summed E-state index contributed by atoms with van der Waals surface area (Å²) in [5.74, 6) is 1.58. The zero-order valence-electron chi connectivity index (χ0n) is 15.2. The highest BCUT2D eigenvalue weighted by molar-refractivity contribution is 5.77. The van der Waals surface area contributed by atoms with Crippen molar-refractivity contribution in [2.45, 2.75) is 37.8 Å². The average molecular weight is 339 g/mol. The van der Waals surface area contributed by atoms with E-state index in [1.54, 1.807) is 7.11 Å². The summed E-state index contributed by atoms with van der Waals surface area (Å²) < 4.78 is 10.3. The van der Waals surface area contributed by atoms with Crippen LogP contribution in [-0.4, -0.2) is 87.9 Å². The number of carbonyl (C=O) groups excluding carboxylic acids is 1. The van der Waals surface area contributed by atoms with Crippen LogP contribution in [0.5, 0.6) is 0 Å². The van der Waals surface area contributed by atoms with Crippen LogP contribution in [0.2, 0.25) is 0 Å². The Bertz CT molecular complexity index is 420. The number of likely N-dealkylation sites (tertiary alicyclic amines) is 1. The Hall–Kier alpha value is -0.690. The van der Waals surface area contributed by atoms with Crippen molar-refractivity contribution in [2.75, 3.05) is 60.2 Å². The lowest BCUT2D eigenvalue weighted by molar-refractivity contribution is -0.125. The predicted octanol–water partition coefficient (Wildman–Crippen LogP) is 0.570. The number of nitrogens with one attached hydrogen (secondary N) is 1. The first-order valence-corrected chi connectivity index (χ1v) is 9.44. The van der Waals surface area contributed by atoms with Gasteiger partial charge in [0.2, 0.25) is 5.91 Å². The van der Waals surface area contributed by atoms with Crippen molar-refractivity contribution >= 4 is 5.91 Å². The molecular formula is C18H33N3O3. The minimum Gasteiger partial charge on any atom is -0.383 e. The van der Waals surface area contributed by atoms with E-state index in [1.807, 2.05) is 7.11 Å². The monoisotopic (exact) mass is 339 g/mol. The van der Waals surface area contributed by atoms with Crippen molar-refractivity contribution in [3.8, 4) is 0 Å². The van der Waals surface area contributed by atoms with Crippen molar-refractivity contribution in [1.82, 2.24) is 15.1 Å². The third kappa shape index (κ3) is 4.28. The normalized spacial score (nSPS) is 36.2. The van der Waals surface area contributed by atoms with Gasteiger partial charge in [-0.15, -0.1) is 0 Å². The predicted molar refractivity (Wildman–Crippen MR) is 92.9 cm³/mol. The van der Waals surface area contributed by atoms with Gasteiger partial charge in [-0.2, -0.15) is 0 Å². The summed E-state index contributed by atoms with van der Waals surface area (Å²) in [6.45, 7) is 6.62. The Morgan fingerprint density at radius 3 is 2.75 bits per heavy atom. The molecule has 0 aromatic carbocycles. The number of methoxy groups -OCH3 is 2. The summed E-state index contributed by atoms with van der Waals surface area (Å²) in [5.41, 5.74) is 0. The summed E-state index contributed by atoms with van der Waals surface area (Å²) in [4.78, 5) is 16.9. The van der Waals surface area contributed by atoms with Gasteiger partial charge in [-0.1, -0.05) is 0 Å². The van der Waals surface area contributed by atoms with Crippen molar-refractivity contribution in [2.24, 2.45) is 11.8 Å². The van der Waals surface area contributed by atoms with E-state index in [1.165, 1.54) is 51.9 Å². The molecule has 0 aromatic heterocycles. The molecule has 1 amide bonds. The van der Waals surface area contributed by atoms with Crippen LogP contribution in [0, 0.1) is 11.8 Å². The van der Waals surface area contributed by atoms with Gasteiger partial charge < -0.3 is 14.8 Å². The van der Waals surface area contributed by atoms with E-state index in [0.29, 0.717) is 12.1 Å². The van der Waals surface area contributed by atoms with Gasteiger partial charge in [0.05, 0.1) is 6.61 Å². The molecule has 0 saturated carbocycles. The van der Waals surface area contributed by atoms with Crippen molar-refractivity contribution in [3.63, 3.8) is 0 Å². The molecule has 4 rings (SSSR count). The Kier molecular flexibility index (Phi) is 6.49. The maximum atomic E-state index is 11.6. The second-order valence-electron chi connectivity index (χ2n) is 7.68. The highest BCUT2D eigenvalue weighted by Crippen LogP contribution is 2.37. The summed E-state index contributed by atoms with van der Waals surface area (Å²) in [6, 6.07) is 1.13. The summed E-state index contributed by atoms with van der Waals surface area (Å²) in [6.07, 6.45) is 5.13. The Balaban J connectivity index is 1.47. The number of ether oxygens (including phenoxy) is 2. The molecule has 6 nitrogen and oxygen atoms in total. The molecule has 0 radical (unpaired) electrons. The van der Waals surface area contributed by atoms with Gasteiger partial charge in [0.15, 0.2) is 0 Å². The number of hydrogen-bond acceptors (Lipinski definition) is 5. The van der Waals surface area contributed by atoms with Crippen molar-refractivity contribution < 1.29 is 14.3 Å². The van der Waals surface area contributed by atoms with Gasteiger partial charge in [-0.3, -0.25) is 14.6 Å². The smallest absolute Gasteiger partial charge is 0.246 e. The minimum atomic E-state index is -0.00355. The quantitative estimate of drug-likeness (QED) is 0.701. The highest BCUT2D eigenvalue weighted by Gasteiger charge is 2.41. The molecule has 4 aliphatic heterocycles. The average Bonchev–Trinajstić information content (AvgIpc) is 3.01. The molecule has 5 atom stereocenters. The Morgan fingerprint density at radius 1 is 1.17 bits per heavy atom. The van der Waals surface area contributed by atoms with Crippen LogP contribution in [0.4, 0.5) is 0 Å². The van der Waals surface area contributed by atoms with Crippen LogP contribution in [0.15, 0.2) is 0 Å². The molecule has 2 bridgehead atoms. The van der Waals surface area contributed by atoms with E-state index in [-0.39, 0.29) is 12.5 Å². The molecule has 0 aromatic rings. The maximum absolute atomic E-state index is 11.6. The molecule has 4 fully saturated rings. The van der Waals surface area contributed by atoms with Crippen LogP contribution in [0.25, 0.3) is 0 Å². The van der Waals surface area contributed by atoms with E-state index in [9.17, 15) is 4.79 Å². The SMILES string of the molecule is COCC(=O)NCC1CC2CCN1CC2CN1CCCC1COC. The third-order valence-corrected chi connectivity index (χ3v) is 6.15. The minimum absolute atomic E-state index is 0.00355. The van der Waals surface area contributed by atoms with Gasteiger partial charge in [-0.25, -0.2) is 0 Å². The zero-order valence-corrected chi connectivity index (χ0v) is 15.2. The topological polar surface area (TPSA) is 54.0 Å². The van der Waals surface area contributed by atoms with Crippen LogP contribution in [-0.2, 0) is 14.3 Å². The number of piperidine rings is 3. The molecule has 4 heterocycles. The van der Waals surface area contributed by atoms with Gasteiger partial charge >= 0.3 is 0 Å². The molecule has 4 saturated heterocycles. The van der Waals surface area contributed by atoms with E-state index >= 15 is 0 Å². The number of amides is 1. The van der Waals surface area contributed by atoms with Gasteiger partial charge in [0.25, 0.3) is 0 Å². The molecule has 0 spiro atoms. The first kappa shape index (κ1) is 18.1. The van der Waals surface area contributed by atoms with Crippen LogP contribution < -0.4 is 5.32 Å². The fraction of sp³-hybridized carbons (Fsp3) is 0.944. The lowest BCUT2D eigenvalue weighted by Gasteiger charge is -2.51. The largest absolute Gasteiger partial charge is 0.383 e. The zero-order chi connectivity index (χ0) is 16.9. The third-order valence-electron chi connectivity index (χ3n) is 6.15. The van der Waals surface area contributed by atoms with Crippen molar-refractivity contribution in [1.29, 1.82) is 0 Å². The Morgan fingerprint density at radius 2 is 2.04 bits per heavy atom. The number of carbonyl (C=O) groups is 1. The molecule has 1 N–H and O–H groups in total. The lowest BCUT2D eigenvalue weighted by Crippen LogP contribution is -2.58. The fourth-order valence-electron chi connectivity index (χ4n) is 4.90. The summed E-state index contributed by atoms with van der Waals surface area (Å²) in [7, 11) is 3.37. The maximum Gasteiger partial charge on any atom is 0.246 e. The number of rotatable bonds is 8. The van der Waals surface area contributed by atoms with Gasteiger partial charge in [-0.05, 0) is 50.6 Å². The second kappa shape index (κ2) is 8.61. The lowest BCUT2D eigenvalue weighted by atomic mass is 9.75. The molecule has 6 heteroatoms. The number of hydrogen-bond donors (Lipinski definition) is 1. The molecule has 0 aliphatic carbocycles. The molecule has 138 valence electrons. The first-order chi connectivity index (χ1) is 11.7. The highest BCUT2D eigenvalue weighted by atomic mass is 16.5. The summed E-state index contributed by atoms with van der Waals surface area (Å²) >= 11 is 0. The van der Waals surface area contributed by atoms with E-state index in [0.717, 1.165) is 25.0 Å². The second-order valence-corrected chi connectivity index (χ2v) is 7.68. The molecule has 5 unspecified atom stereocenters. The first-order valence-electron chi connectivity index (χ1n) is 9.44. The van der Waals surface area contributed by atoms with Crippen LogP contribution >= 0.6 is 0 Å². The van der Waals surface area contributed by atoms with E-state index in [4.69, 9.17) is 9.47 Å². The summed E-state index contributed by atoms with van der Waals surface area (Å²) in [5, 5.41) is 3.02. The Labute approximate surface area is 145 Å². The fourth-order valence-corrected chi connectivity index (χ4v) is 4.90. The van der Waals surface area contributed by atoms with Crippen molar-refractivity contribution in [3.05, 3.63) is 0 Å². The van der Waals surface area contributed by atoms with E-state index < -0.39 is 0 Å². The number of fused-ring (bicyclic) bond motifs is 3. The van der Waals surface area contributed by atoms with E-state index in [2.05, 4.69) is 15.1 Å². The van der Waals surface area contributed by atoms with Crippen LogP contribution in [0.3, 0.4) is 0 Å². The standard InChI is InChI=1S/C18H33N3O3/c1-23-12-16-4-3-6-20(16)10-15-11-21-7-5-14(15)8-17(21)9-19-18(22)13-24-2/h14-17H,3-13H2,1-2H3,(H,19,22). The molecule has 24 heavy (non-hydrogen) atoms.